The number of halogens is 1. The minimum Gasteiger partial charge on any atom is -0.356 e. The zero-order chi connectivity index (χ0) is 14.4. The van der Waals surface area contributed by atoms with Crippen LogP contribution in [0.5, 0.6) is 0 Å². The van der Waals surface area contributed by atoms with Crippen LogP contribution in [0.3, 0.4) is 0 Å². The van der Waals surface area contributed by atoms with Gasteiger partial charge in [-0.3, -0.25) is 9.98 Å². The molecule has 0 saturated carbocycles. The van der Waals surface area contributed by atoms with Gasteiger partial charge < -0.3 is 10.6 Å². The molecule has 0 aliphatic rings. The fraction of sp³-hybridized carbons (Fsp3) is 0.375. The molecule has 0 atom stereocenters. The molecule has 0 saturated heterocycles. The third-order valence-electron chi connectivity index (χ3n) is 3.05. The molecule has 0 bridgehead atoms. The molecule has 0 aliphatic heterocycles. The molecule has 1 aromatic carbocycles. The second kappa shape index (κ2) is 8.81. The second-order valence-corrected chi connectivity index (χ2v) is 5.04. The number of hydrogen-bond donors (Lipinski definition) is 2. The lowest BCUT2D eigenvalue weighted by Gasteiger charge is -2.14. The van der Waals surface area contributed by atoms with Crippen LogP contribution in [0.2, 0.25) is 0 Å². The van der Waals surface area contributed by atoms with Gasteiger partial charge >= 0.3 is 0 Å². The van der Waals surface area contributed by atoms with Crippen molar-refractivity contribution in [3.8, 4) is 0 Å². The van der Waals surface area contributed by atoms with Crippen LogP contribution in [-0.2, 0) is 6.42 Å². The largest absolute Gasteiger partial charge is 0.356 e. The number of fused-ring (bicyclic) bond motifs is 1. The van der Waals surface area contributed by atoms with Crippen LogP contribution in [0.4, 0.5) is 0 Å². The third-order valence-corrected chi connectivity index (χ3v) is 3.05. The smallest absolute Gasteiger partial charge is 0.191 e. The number of para-hydroxylation sites is 1. The fourth-order valence-electron chi connectivity index (χ4n) is 2.15. The Morgan fingerprint density at radius 1 is 1.24 bits per heavy atom. The Morgan fingerprint density at radius 3 is 2.71 bits per heavy atom. The zero-order valence-electron chi connectivity index (χ0n) is 12.8. The Labute approximate surface area is 143 Å². The van der Waals surface area contributed by atoms with Crippen molar-refractivity contribution in [2.24, 2.45) is 4.99 Å². The first-order valence-corrected chi connectivity index (χ1v) is 7.00. The predicted octanol–water partition coefficient (Wildman–Crippen LogP) is 2.97. The third kappa shape index (κ3) is 5.15. The lowest BCUT2D eigenvalue weighted by atomic mass is 10.1. The van der Waals surface area contributed by atoms with Crippen molar-refractivity contribution in [3.63, 3.8) is 0 Å². The van der Waals surface area contributed by atoms with E-state index in [2.05, 4.69) is 58.7 Å². The molecule has 0 unspecified atom stereocenters. The molecule has 2 rings (SSSR count). The van der Waals surface area contributed by atoms with Gasteiger partial charge in [-0.2, -0.15) is 0 Å². The summed E-state index contributed by atoms with van der Waals surface area (Å²) < 4.78 is 0. The molecule has 0 radical (unpaired) electrons. The molecule has 0 fully saturated rings. The maximum Gasteiger partial charge on any atom is 0.191 e. The van der Waals surface area contributed by atoms with Crippen LogP contribution in [0.1, 0.15) is 19.4 Å². The Balaban J connectivity index is 0.00000220. The normalized spacial score (nSPS) is 11.3. The van der Waals surface area contributed by atoms with Gasteiger partial charge in [-0.25, -0.2) is 0 Å². The molecular formula is C16H23IN4. The standard InChI is InChI=1S/C16H22N4.HI/c1-12(2)20-16(17-3)19-11-9-14-7-4-6-13-8-5-10-18-15(13)14;/h4-8,10,12H,9,11H2,1-3H3,(H2,17,19,20);1H. The molecule has 1 aromatic heterocycles. The summed E-state index contributed by atoms with van der Waals surface area (Å²) in [7, 11) is 1.79. The van der Waals surface area contributed by atoms with Gasteiger partial charge in [-0.15, -0.1) is 24.0 Å². The molecule has 21 heavy (non-hydrogen) atoms. The molecule has 114 valence electrons. The average molecular weight is 398 g/mol. The van der Waals surface area contributed by atoms with Crippen molar-refractivity contribution in [2.45, 2.75) is 26.3 Å². The molecule has 0 aliphatic carbocycles. The number of pyridine rings is 1. The molecule has 0 spiro atoms. The molecule has 4 nitrogen and oxygen atoms in total. The summed E-state index contributed by atoms with van der Waals surface area (Å²) in [6, 6.07) is 10.8. The van der Waals surface area contributed by atoms with Gasteiger partial charge in [0, 0.05) is 31.2 Å². The quantitative estimate of drug-likeness (QED) is 0.473. The van der Waals surface area contributed by atoms with E-state index in [0.29, 0.717) is 6.04 Å². The minimum atomic E-state index is 0. The second-order valence-electron chi connectivity index (χ2n) is 5.04. The number of aromatic nitrogens is 1. The highest BCUT2D eigenvalue weighted by Crippen LogP contribution is 2.15. The number of benzene rings is 1. The van der Waals surface area contributed by atoms with Crippen LogP contribution in [-0.4, -0.2) is 30.6 Å². The van der Waals surface area contributed by atoms with E-state index in [1.54, 1.807) is 7.05 Å². The lowest BCUT2D eigenvalue weighted by molar-refractivity contribution is 0.698. The van der Waals surface area contributed by atoms with Gasteiger partial charge in [0.25, 0.3) is 0 Å². The van der Waals surface area contributed by atoms with Gasteiger partial charge in [-0.1, -0.05) is 24.3 Å². The highest BCUT2D eigenvalue weighted by atomic mass is 127. The van der Waals surface area contributed by atoms with Gasteiger partial charge in [0.15, 0.2) is 5.96 Å². The number of nitrogens with zero attached hydrogens (tertiary/aromatic N) is 2. The van der Waals surface area contributed by atoms with Crippen LogP contribution in [0.25, 0.3) is 10.9 Å². The lowest BCUT2D eigenvalue weighted by Crippen LogP contribution is -2.41. The maximum absolute atomic E-state index is 4.47. The van der Waals surface area contributed by atoms with Crippen LogP contribution >= 0.6 is 24.0 Å². The molecule has 2 aromatic rings. The van der Waals surface area contributed by atoms with Gasteiger partial charge in [-0.05, 0) is 31.9 Å². The number of rotatable bonds is 4. The zero-order valence-corrected chi connectivity index (χ0v) is 15.1. The van der Waals surface area contributed by atoms with Crippen molar-refractivity contribution < 1.29 is 0 Å². The Bertz CT molecular complexity index is 590. The first kappa shape index (κ1) is 17.7. The summed E-state index contributed by atoms with van der Waals surface area (Å²) in [5.41, 5.74) is 2.35. The van der Waals surface area contributed by atoms with Gasteiger partial charge in [0.1, 0.15) is 0 Å². The Kier molecular flexibility index (Phi) is 7.42. The monoisotopic (exact) mass is 398 g/mol. The molecule has 0 amide bonds. The van der Waals surface area contributed by atoms with Crippen LogP contribution < -0.4 is 10.6 Å². The number of nitrogens with one attached hydrogen (secondary N) is 2. The SMILES string of the molecule is CN=C(NCCc1cccc2cccnc12)NC(C)C.I. The van der Waals surface area contributed by atoms with Crippen molar-refractivity contribution >= 4 is 40.8 Å². The summed E-state index contributed by atoms with van der Waals surface area (Å²) in [4.78, 5) is 8.67. The van der Waals surface area contributed by atoms with Crippen molar-refractivity contribution in [1.82, 2.24) is 15.6 Å². The summed E-state index contributed by atoms with van der Waals surface area (Å²) in [5, 5.41) is 7.79. The van der Waals surface area contributed by atoms with Crippen molar-refractivity contribution in [2.75, 3.05) is 13.6 Å². The summed E-state index contributed by atoms with van der Waals surface area (Å²) >= 11 is 0. The highest BCUT2D eigenvalue weighted by Gasteiger charge is 2.03. The summed E-state index contributed by atoms with van der Waals surface area (Å²) in [6.45, 7) is 5.03. The predicted molar refractivity (Wildman–Crippen MR) is 100 cm³/mol. The van der Waals surface area contributed by atoms with Crippen molar-refractivity contribution in [1.29, 1.82) is 0 Å². The van der Waals surface area contributed by atoms with Crippen molar-refractivity contribution in [3.05, 3.63) is 42.1 Å². The van der Waals surface area contributed by atoms with E-state index in [0.717, 1.165) is 24.4 Å². The highest BCUT2D eigenvalue weighted by molar-refractivity contribution is 14.0. The molecule has 2 N–H and O–H groups in total. The molecular weight excluding hydrogens is 375 g/mol. The first-order chi connectivity index (χ1) is 9.70. The first-order valence-electron chi connectivity index (χ1n) is 7.00. The van der Waals surface area contributed by atoms with E-state index in [1.165, 1.54) is 10.9 Å². The average Bonchev–Trinajstić information content (AvgIpc) is 2.46. The van der Waals surface area contributed by atoms with Crippen LogP contribution in [0.15, 0.2) is 41.5 Å². The van der Waals surface area contributed by atoms with Gasteiger partial charge in [0.2, 0.25) is 0 Å². The summed E-state index contributed by atoms with van der Waals surface area (Å²) in [6.07, 6.45) is 2.77. The van der Waals surface area contributed by atoms with Crippen LogP contribution in [0, 0.1) is 0 Å². The molecule has 5 heteroatoms. The summed E-state index contributed by atoms with van der Waals surface area (Å²) in [5.74, 6) is 0.841. The van der Waals surface area contributed by atoms with E-state index in [-0.39, 0.29) is 24.0 Å². The Morgan fingerprint density at radius 2 is 2.00 bits per heavy atom. The van der Waals surface area contributed by atoms with E-state index < -0.39 is 0 Å². The maximum atomic E-state index is 4.47. The number of aliphatic imine (C=N–C) groups is 1. The number of guanidine groups is 1. The minimum absolute atomic E-state index is 0. The fourth-order valence-corrected chi connectivity index (χ4v) is 2.15. The van der Waals surface area contributed by atoms with Gasteiger partial charge in [0.05, 0.1) is 5.52 Å². The number of hydrogen-bond acceptors (Lipinski definition) is 2. The molecule has 1 heterocycles. The van der Waals surface area contributed by atoms with E-state index in [1.807, 2.05) is 12.3 Å². The van der Waals surface area contributed by atoms with E-state index in [9.17, 15) is 0 Å². The Hall–Kier alpha value is -1.37. The topological polar surface area (TPSA) is 49.3 Å². The van der Waals surface area contributed by atoms with E-state index >= 15 is 0 Å². The van der Waals surface area contributed by atoms with E-state index in [4.69, 9.17) is 0 Å².